The fraction of sp³-hybridized carbons (Fsp3) is 0.444. The summed E-state index contributed by atoms with van der Waals surface area (Å²) in [7, 11) is 0. The molecule has 0 fully saturated rings. The Hall–Kier alpha value is -2.75. The fourth-order valence-corrected chi connectivity index (χ4v) is 2.52. The molecule has 2 atom stereocenters. The van der Waals surface area contributed by atoms with E-state index in [1.165, 1.54) is 0 Å². The molecule has 1 unspecified atom stereocenters. The van der Waals surface area contributed by atoms with Gasteiger partial charge in [-0.05, 0) is 25.3 Å². The molecule has 0 aliphatic carbocycles. The third-order valence-corrected chi connectivity index (χ3v) is 4.13. The number of hydrogen-bond donors (Lipinski definition) is 6. The molecule has 0 aliphatic rings. The van der Waals surface area contributed by atoms with Crippen LogP contribution >= 0.6 is 12.6 Å². The molecule has 7 N–H and O–H groups in total. The Kier molecular flexibility index (Phi) is 10.5. The quantitative estimate of drug-likeness (QED) is 0.112. The second-order valence-corrected chi connectivity index (χ2v) is 6.45. The predicted octanol–water partition coefficient (Wildman–Crippen LogP) is -1.58. The van der Waals surface area contributed by atoms with Crippen molar-refractivity contribution >= 4 is 36.4 Å². The van der Waals surface area contributed by atoms with Crippen molar-refractivity contribution in [1.82, 2.24) is 10.6 Å². The van der Waals surface area contributed by atoms with Crippen molar-refractivity contribution in [3.05, 3.63) is 35.9 Å². The lowest BCUT2D eigenvalue weighted by Crippen LogP contribution is -2.78. The molecule has 9 nitrogen and oxygen atoms in total. The summed E-state index contributed by atoms with van der Waals surface area (Å²) in [5, 5.41) is 5.11. The van der Waals surface area contributed by atoms with Gasteiger partial charge in [-0.25, -0.2) is 4.79 Å². The lowest BCUT2D eigenvalue weighted by molar-refractivity contribution is -0.459. The molecule has 1 aromatic carbocycles. The van der Waals surface area contributed by atoms with E-state index in [9.17, 15) is 14.4 Å². The summed E-state index contributed by atoms with van der Waals surface area (Å²) in [5.41, 5.74) is 11.5. The van der Waals surface area contributed by atoms with Crippen LogP contribution in [0.2, 0.25) is 0 Å². The number of guanidine groups is 1. The number of benzene rings is 1. The van der Waals surface area contributed by atoms with Crippen molar-refractivity contribution in [2.24, 2.45) is 11.5 Å². The van der Waals surface area contributed by atoms with Gasteiger partial charge in [-0.15, -0.1) is 0 Å². The Bertz CT molecular complexity index is 680. The zero-order chi connectivity index (χ0) is 20.9. The maximum Gasteiger partial charge on any atom is 0.408 e. The van der Waals surface area contributed by atoms with Crippen molar-refractivity contribution in [3.63, 3.8) is 0 Å². The van der Waals surface area contributed by atoms with Crippen molar-refractivity contribution in [2.75, 3.05) is 12.3 Å². The molecule has 154 valence electrons. The maximum atomic E-state index is 12.5. The first-order valence-electron chi connectivity index (χ1n) is 8.86. The second kappa shape index (κ2) is 12.6. The van der Waals surface area contributed by atoms with Gasteiger partial charge in [0.05, 0.1) is 18.3 Å². The van der Waals surface area contributed by atoms with E-state index in [0.717, 1.165) is 5.56 Å². The Balaban J connectivity index is 2.64. The van der Waals surface area contributed by atoms with Crippen LogP contribution in [0.4, 0.5) is 4.79 Å². The van der Waals surface area contributed by atoms with Crippen LogP contribution in [-0.4, -0.2) is 48.1 Å². The van der Waals surface area contributed by atoms with Crippen LogP contribution in [0.25, 0.3) is 0 Å². The molecular formula is C18H28N5O4S+. The summed E-state index contributed by atoms with van der Waals surface area (Å²) >= 11 is 3.91. The highest BCUT2D eigenvalue weighted by atomic mass is 32.1. The summed E-state index contributed by atoms with van der Waals surface area (Å²) < 4.78 is 5.16. The maximum absolute atomic E-state index is 12.5. The van der Waals surface area contributed by atoms with Crippen LogP contribution < -0.4 is 27.1 Å². The topological polar surface area (TPSA) is 151 Å². The number of ketones is 1. The molecule has 10 heteroatoms. The van der Waals surface area contributed by atoms with Gasteiger partial charge >= 0.3 is 12.1 Å². The van der Waals surface area contributed by atoms with Crippen LogP contribution in [0, 0.1) is 0 Å². The van der Waals surface area contributed by atoms with Gasteiger partial charge in [-0.2, -0.15) is 12.6 Å². The molecule has 2 amide bonds. The molecule has 0 radical (unpaired) electrons. The summed E-state index contributed by atoms with van der Waals surface area (Å²) in [6, 6.07) is 7.58. The number of nitrogens with two attached hydrogens (primary N) is 2. The van der Waals surface area contributed by atoms with Crippen LogP contribution in [0.15, 0.2) is 30.3 Å². The molecule has 0 aromatic heterocycles. The van der Waals surface area contributed by atoms with Gasteiger partial charge in [0.1, 0.15) is 12.6 Å². The molecule has 0 aliphatic heterocycles. The van der Waals surface area contributed by atoms with Gasteiger partial charge in [0.15, 0.2) is 5.78 Å². The van der Waals surface area contributed by atoms with Crippen LogP contribution in [0.5, 0.6) is 0 Å². The van der Waals surface area contributed by atoms with E-state index in [2.05, 4.69) is 28.3 Å². The lowest BCUT2D eigenvalue weighted by atomic mass is 10.1. The van der Waals surface area contributed by atoms with Crippen LogP contribution in [0.1, 0.15) is 25.3 Å². The number of carbonyl (C=O) groups excluding carboxylic acids is 3. The van der Waals surface area contributed by atoms with E-state index in [0.29, 0.717) is 19.4 Å². The number of Topliss-reactive ketones (excluding diaryl/α,β-unsaturated/α-hetero) is 1. The van der Waals surface area contributed by atoms with Gasteiger partial charge in [0.25, 0.3) is 0 Å². The third kappa shape index (κ3) is 9.26. The van der Waals surface area contributed by atoms with E-state index in [1.54, 1.807) is 6.92 Å². The highest BCUT2D eigenvalue weighted by Gasteiger charge is 2.24. The first-order chi connectivity index (χ1) is 13.3. The van der Waals surface area contributed by atoms with Gasteiger partial charge in [0.2, 0.25) is 5.91 Å². The zero-order valence-electron chi connectivity index (χ0n) is 15.8. The largest absolute Gasteiger partial charge is 0.445 e. The smallest absolute Gasteiger partial charge is 0.408 e. The summed E-state index contributed by atoms with van der Waals surface area (Å²) in [4.78, 5) is 39.0. The van der Waals surface area contributed by atoms with Gasteiger partial charge in [-0.1, -0.05) is 30.3 Å². The molecular weight excluding hydrogens is 382 g/mol. The standard InChI is InChI=1S/C18H27N5O4S/c1-12(15(24)11-28)22-16(25)14(8-5-9-21-17(19)20)23-18(26)27-10-13-6-3-2-4-7-13/h2-4,6-7,12,14,28H,5,8-11H2,1H3,(H,22,25)(H,23,26)(H4,19,20,21)/p+1/t12?,14-/m0/s1. The second-order valence-electron chi connectivity index (χ2n) is 6.14. The molecule has 1 rings (SSSR count). The van der Waals surface area contributed by atoms with Gasteiger partial charge < -0.3 is 15.4 Å². The lowest BCUT2D eigenvalue weighted by Gasteiger charge is -2.20. The molecule has 28 heavy (non-hydrogen) atoms. The summed E-state index contributed by atoms with van der Waals surface area (Å²) in [6.07, 6.45) is 0.0769. The fourth-order valence-electron chi connectivity index (χ4n) is 2.25. The number of alkyl carbamates (subject to hydrolysis) is 1. The molecule has 0 spiro atoms. The number of rotatable bonds is 11. The van der Waals surface area contributed by atoms with E-state index in [1.807, 2.05) is 30.3 Å². The number of amides is 2. The van der Waals surface area contributed by atoms with E-state index < -0.39 is 24.1 Å². The number of nitrogens with one attached hydrogen (secondary N) is 3. The molecule has 0 heterocycles. The predicted molar refractivity (Wildman–Crippen MR) is 108 cm³/mol. The Labute approximate surface area is 169 Å². The van der Waals surface area contributed by atoms with Crippen LogP contribution in [-0.2, 0) is 20.9 Å². The SMILES string of the molecule is CC(NC(=O)[C@H](CCC[NH+]=C(N)N)NC(=O)OCc1ccccc1)C(=O)CS. The van der Waals surface area contributed by atoms with E-state index in [-0.39, 0.29) is 24.1 Å². The van der Waals surface area contributed by atoms with Crippen molar-refractivity contribution in [3.8, 4) is 0 Å². The van der Waals surface area contributed by atoms with Crippen molar-refractivity contribution in [1.29, 1.82) is 0 Å². The molecule has 0 saturated heterocycles. The van der Waals surface area contributed by atoms with Crippen molar-refractivity contribution in [2.45, 2.75) is 38.5 Å². The number of hydrogen-bond acceptors (Lipinski definition) is 5. The minimum Gasteiger partial charge on any atom is -0.445 e. The Morgan fingerprint density at radius 2 is 1.86 bits per heavy atom. The minimum absolute atomic E-state index is 0.00813. The first kappa shape index (κ1) is 23.3. The first-order valence-corrected chi connectivity index (χ1v) is 9.49. The number of carbonyl (C=O) groups is 3. The summed E-state index contributed by atoms with van der Waals surface area (Å²) in [6.45, 7) is 2.07. The monoisotopic (exact) mass is 410 g/mol. The minimum atomic E-state index is -0.876. The average molecular weight is 411 g/mol. The summed E-state index contributed by atoms with van der Waals surface area (Å²) in [5.74, 6) is -0.628. The van der Waals surface area contributed by atoms with E-state index >= 15 is 0 Å². The van der Waals surface area contributed by atoms with Crippen molar-refractivity contribution < 1.29 is 24.1 Å². The molecule has 0 saturated carbocycles. The number of thiol groups is 1. The highest BCUT2D eigenvalue weighted by Crippen LogP contribution is 2.03. The molecule has 0 bridgehead atoms. The molecule has 1 aromatic rings. The highest BCUT2D eigenvalue weighted by molar-refractivity contribution is 7.81. The Morgan fingerprint density at radius 3 is 2.46 bits per heavy atom. The van der Waals surface area contributed by atoms with Gasteiger partial charge in [-0.3, -0.25) is 26.0 Å². The van der Waals surface area contributed by atoms with Gasteiger partial charge in [0, 0.05) is 0 Å². The van der Waals surface area contributed by atoms with Crippen LogP contribution in [0.3, 0.4) is 0 Å². The third-order valence-electron chi connectivity index (χ3n) is 3.82. The number of ether oxygens (including phenoxy) is 1. The van der Waals surface area contributed by atoms with E-state index in [4.69, 9.17) is 16.2 Å². The Morgan fingerprint density at radius 1 is 1.18 bits per heavy atom. The normalized spacial score (nSPS) is 12.4. The zero-order valence-corrected chi connectivity index (χ0v) is 16.7. The average Bonchev–Trinajstić information content (AvgIpc) is 2.68.